The summed E-state index contributed by atoms with van der Waals surface area (Å²) in [5, 5.41) is 9.04. The molecule has 1 N–H and O–H groups in total. The largest absolute Gasteiger partial charge is 0.392 e. The summed E-state index contributed by atoms with van der Waals surface area (Å²) in [5.41, 5.74) is 0. The molecule has 4 heterocycles. The van der Waals surface area contributed by atoms with E-state index in [0.29, 0.717) is 0 Å². The van der Waals surface area contributed by atoms with Gasteiger partial charge in [0, 0.05) is 19.1 Å². The first-order chi connectivity index (χ1) is 14.8. The standard InChI is InChI=1S/C8H17N.C6H13NO.2C6H13N/c1-3-5-8-6-4-7-9(8)2;1-7-4-2-3-6(8)5-7;1-6-3-4-7(2)5-6;1-7-5-3-2-4-6-7/h8H,3-7H2,1-2H3;6,8H,2-5H2,1H3;6H,3-5H2,1-2H3;2-6H2,1H3. The van der Waals surface area contributed by atoms with Gasteiger partial charge in [-0.3, -0.25) is 0 Å². The lowest BCUT2D eigenvalue weighted by Gasteiger charge is -2.25. The lowest BCUT2D eigenvalue weighted by molar-refractivity contribution is 0.0846. The molecule has 31 heavy (non-hydrogen) atoms. The van der Waals surface area contributed by atoms with Gasteiger partial charge in [0.05, 0.1) is 6.10 Å². The van der Waals surface area contributed by atoms with E-state index in [4.69, 9.17) is 5.11 Å². The van der Waals surface area contributed by atoms with E-state index in [2.05, 4.69) is 54.6 Å². The van der Waals surface area contributed by atoms with E-state index in [9.17, 15) is 0 Å². The van der Waals surface area contributed by atoms with Crippen molar-refractivity contribution in [2.45, 2.75) is 90.2 Å². The summed E-state index contributed by atoms with van der Waals surface area (Å²) >= 11 is 0. The van der Waals surface area contributed by atoms with Crippen LogP contribution in [0.2, 0.25) is 0 Å². The topological polar surface area (TPSA) is 33.2 Å². The molecule has 4 aliphatic heterocycles. The van der Waals surface area contributed by atoms with Gasteiger partial charge in [0.2, 0.25) is 0 Å². The lowest BCUT2D eigenvalue weighted by Crippen LogP contribution is -2.34. The molecule has 0 spiro atoms. The zero-order valence-electron chi connectivity index (χ0n) is 22.0. The summed E-state index contributed by atoms with van der Waals surface area (Å²) in [6.07, 6.45) is 13.3. The molecule has 4 saturated heterocycles. The molecule has 186 valence electrons. The maximum absolute atomic E-state index is 9.04. The van der Waals surface area contributed by atoms with E-state index in [1.807, 2.05) is 7.05 Å². The number of aliphatic hydroxyl groups excluding tert-OH is 1. The van der Waals surface area contributed by atoms with Gasteiger partial charge in [-0.05, 0) is 118 Å². The van der Waals surface area contributed by atoms with Crippen LogP contribution in [0.4, 0.5) is 0 Å². The highest BCUT2D eigenvalue weighted by Crippen LogP contribution is 2.18. The second-order valence-corrected chi connectivity index (χ2v) is 10.6. The molecule has 4 fully saturated rings. The highest BCUT2D eigenvalue weighted by Gasteiger charge is 2.18. The number of nitrogens with zero attached hydrogens (tertiary/aromatic N) is 4. The smallest absolute Gasteiger partial charge is 0.0667 e. The Kier molecular flexibility index (Phi) is 16.1. The molecule has 5 heteroatoms. The SMILES string of the molecule is CC1CCN(C)C1.CCCC1CCCN1C.CN1CCCC(O)C1.CN1CCCCC1. The van der Waals surface area contributed by atoms with E-state index in [1.54, 1.807) is 0 Å². The monoisotopic (exact) mass is 440 g/mol. The maximum Gasteiger partial charge on any atom is 0.0667 e. The molecule has 3 atom stereocenters. The minimum absolute atomic E-state index is 0.0613. The van der Waals surface area contributed by atoms with E-state index in [1.165, 1.54) is 84.1 Å². The van der Waals surface area contributed by atoms with Gasteiger partial charge >= 0.3 is 0 Å². The van der Waals surface area contributed by atoms with Crippen molar-refractivity contribution in [3.8, 4) is 0 Å². The zero-order valence-corrected chi connectivity index (χ0v) is 22.0. The number of piperidine rings is 2. The lowest BCUT2D eigenvalue weighted by atomic mass is 10.1. The van der Waals surface area contributed by atoms with Crippen molar-refractivity contribution in [1.82, 2.24) is 19.6 Å². The van der Waals surface area contributed by atoms with Crippen molar-refractivity contribution in [2.24, 2.45) is 5.92 Å². The molecule has 0 aromatic carbocycles. The molecule has 3 unspecified atom stereocenters. The van der Waals surface area contributed by atoms with Crippen molar-refractivity contribution in [1.29, 1.82) is 0 Å². The Morgan fingerprint density at radius 2 is 1.29 bits per heavy atom. The number of hydrogen-bond donors (Lipinski definition) is 1. The van der Waals surface area contributed by atoms with Gasteiger partial charge in [0.25, 0.3) is 0 Å². The van der Waals surface area contributed by atoms with Gasteiger partial charge in [-0.1, -0.05) is 26.7 Å². The fraction of sp³-hybridized carbons (Fsp3) is 1.00. The van der Waals surface area contributed by atoms with Crippen molar-refractivity contribution in [2.75, 3.05) is 74.0 Å². The van der Waals surface area contributed by atoms with E-state index in [0.717, 1.165) is 37.9 Å². The van der Waals surface area contributed by atoms with E-state index >= 15 is 0 Å². The first-order valence-corrected chi connectivity index (χ1v) is 13.3. The van der Waals surface area contributed by atoms with Crippen LogP contribution in [-0.2, 0) is 0 Å². The third-order valence-corrected chi connectivity index (χ3v) is 7.10. The minimum Gasteiger partial charge on any atom is -0.392 e. The third kappa shape index (κ3) is 14.5. The fourth-order valence-electron chi connectivity index (χ4n) is 5.02. The molecule has 0 saturated carbocycles. The van der Waals surface area contributed by atoms with Gasteiger partial charge in [0.15, 0.2) is 0 Å². The molecule has 0 aromatic rings. The third-order valence-electron chi connectivity index (χ3n) is 7.10. The van der Waals surface area contributed by atoms with Gasteiger partial charge in [-0.25, -0.2) is 0 Å². The van der Waals surface area contributed by atoms with E-state index in [-0.39, 0.29) is 6.10 Å². The predicted molar refractivity (Wildman–Crippen MR) is 136 cm³/mol. The van der Waals surface area contributed by atoms with Gasteiger partial charge < -0.3 is 24.7 Å². The molecule has 4 aliphatic rings. The van der Waals surface area contributed by atoms with Crippen LogP contribution >= 0.6 is 0 Å². The fourth-order valence-corrected chi connectivity index (χ4v) is 5.02. The van der Waals surface area contributed by atoms with Crippen LogP contribution < -0.4 is 0 Å². The highest BCUT2D eigenvalue weighted by molar-refractivity contribution is 4.75. The van der Waals surface area contributed by atoms with Crippen molar-refractivity contribution < 1.29 is 5.11 Å². The van der Waals surface area contributed by atoms with Crippen LogP contribution in [-0.4, -0.2) is 111 Å². The molecule has 0 amide bonds. The summed E-state index contributed by atoms with van der Waals surface area (Å²) in [6.45, 7) is 13.2. The first-order valence-electron chi connectivity index (χ1n) is 13.3. The van der Waals surface area contributed by atoms with Gasteiger partial charge in [-0.15, -0.1) is 0 Å². The first kappa shape index (κ1) is 28.8. The average Bonchev–Trinajstić information content (AvgIpc) is 3.31. The Morgan fingerprint density at radius 3 is 1.61 bits per heavy atom. The summed E-state index contributed by atoms with van der Waals surface area (Å²) in [5.74, 6) is 0.949. The number of likely N-dealkylation sites (tertiary alicyclic amines) is 4. The predicted octanol–water partition coefficient (Wildman–Crippen LogP) is 4.01. The number of β-amino-alcohol motifs (C(OH)–C–C–N with tert-alkyl or cyclic N) is 1. The van der Waals surface area contributed by atoms with Gasteiger partial charge in [0.1, 0.15) is 0 Å². The number of rotatable bonds is 2. The summed E-state index contributed by atoms with van der Waals surface area (Å²) < 4.78 is 0. The Labute approximate surface area is 195 Å². The van der Waals surface area contributed by atoms with Crippen LogP contribution in [0.15, 0.2) is 0 Å². The van der Waals surface area contributed by atoms with Crippen molar-refractivity contribution >= 4 is 0 Å². The summed E-state index contributed by atoms with van der Waals surface area (Å²) in [6, 6.07) is 0.912. The van der Waals surface area contributed by atoms with Crippen LogP contribution in [0, 0.1) is 5.92 Å². The Hall–Kier alpha value is -0.200. The second-order valence-electron chi connectivity index (χ2n) is 10.6. The summed E-state index contributed by atoms with van der Waals surface area (Å²) in [4.78, 5) is 9.42. The molecule has 4 rings (SSSR count). The van der Waals surface area contributed by atoms with Crippen LogP contribution in [0.1, 0.15) is 78.1 Å². The van der Waals surface area contributed by atoms with Crippen molar-refractivity contribution in [3.63, 3.8) is 0 Å². The number of hydrogen-bond acceptors (Lipinski definition) is 5. The zero-order chi connectivity index (χ0) is 23.1. The van der Waals surface area contributed by atoms with Crippen LogP contribution in [0.5, 0.6) is 0 Å². The molecular weight excluding hydrogens is 384 g/mol. The number of aliphatic hydroxyl groups is 1. The normalized spacial score (nSPS) is 30.5. The molecular formula is C26H56N4O. The summed E-state index contributed by atoms with van der Waals surface area (Å²) in [7, 11) is 8.67. The van der Waals surface area contributed by atoms with Crippen molar-refractivity contribution in [3.05, 3.63) is 0 Å². The molecule has 0 aliphatic carbocycles. The van der Waals surface area contributed by atoms with E-state index < -0.39 is 0 Å². The van der Waals surface area contributed by atoms with Crippen LogP contribution in [0.3, 0.4) is 0 Å². The second kappa shape index (κ2) is 17.3. The Morgan fingerprint density at radius 1 is 0.677 bits per heavy atom. The quantitative estimate of drug-likeness (QED) is 0.701. The minimum atomic E-state index is -0.0613. The molecule has 0 bridgehead atoms. The highest BCUT2D eigenvalue weighted by atomic mass is 16.3. The Bertz CT molecular complexity index is 396. The molecule has 5 nitrogen and oxygen atoms in total. The Balaban J connectivity index is 0.000000208. The van der Waals surface area contributed by atoms with Gasteiger partial charge in [-0.2, -0.15) is 0 Å². The van der Waals surface area contributed by atoms with Crippen LogP contribution in [0.25, 0.3) is 0 Å². The maximum atomic E-state index is 9.04. The molecule has 0 aromatic heterocycles. The number of likely N-dealkylation sites (N-methyl/N-ethyl adjacent to an activating group) is 1. The molecule has 0 radical (unpaired) electrons. The average molecular weight is 441 g/mol.